The molecule has 0 saturated carbocycles. The van der Waals surface area contributed by atoms with Gasteiger partial charge in [-0.05, 0) is 25.0 Å². The van der Waals surface area contributed by atoms with Crippen molar-refractivity contribution in [1.82, 2.24) is 0 Å². The number of rotatable bonds is 2. The van der Waals surface area contributed by atoms with E-state index in [1.54, 1.807) is 6.07 Å². The van der Waals surface area contributed by atoms with Crippen LogP contribution >= 0.6 is 11.6 Å². The van der Waals surface area contributed by atoms with Crippen molar-refractivity contribution < 1.29 is 0 Å². The van der Waals surface area contributed by atoms with E-state index < -0.39 is 0 Å². The third-order valence-electron chi connectivity index (χ3n) is 3.06. The predicted molar refractivity (Wildman–Crippen MR) is 65.6 cm³/mol. The van der Waals surface area contributed by atoms with E-state index in [2.05, 4.69) is 11.0 Å². The van der Waals surface area contributed by atoms with E-state index in [9.17, 15) is 0 Å². The van der Waals surface area contributed by atoms with Gasteiger partial charge in [0.05, 0.1) is 16.3 Å². The van der Waals surface area contributed by atoms with Gasteiger partial charge in [0.1, 0.15) is 6.07 Å². The lowest BCUT2D eigenvalue weighted by Crippen LogP contribution is -2.35. The molecule has 3 nitrogen and oxygen atoms in total. The lowest BCUT2D eigenvalue weighted by molar-refractivity contribution is 0.677. The Morgan fingerprint density at radius 2 is 2.38 bits per heavy atom. The molecule has 1 saturated heterocycles. The quantitative estimate of drug-likeness (QED) is 0.855. The van der Waals surface area contributed by atoms with Crippen LogP contribution in [0.3, 0.4) is 0 Å². The van der Waals surface area contributed by atoms with Crippen LogP contribution in [0.15, 0.2) is 18.2 Å². The molecule has 0 bridgehead atoms. The minimum Gasteiger partial charge on any atom is -0.366 e. The molecule has 0 spiro atoms. The van der Waals surface area contributed by atoms with Crippen LogP contribution in [0.1, 0.15) is 18.4 Å². The molecule has 2 rings (SSSR count). The summed E-state index contributed by atoms with van der Waals surface area (Å²) in [7, 11) is 0. The second kappa shape index (κ2) is 4.73. The smallest absolute Gasteiger partial charge is 0.103 e. The number of nitrogens with zero attached hydrogens (tertiary/aromatic N) is 2. The fraction of sp³-hybridized carbons (Fsp3) is 0.417. The van der Waals surface area contributed by atoms with Gasteiger partial charge in [0.2, 0.25) is 0 Å². The van der Waals surface area contributed by atoms with Gasteiger partial charge in [0.15, 0.2) is 0 Å². The first-order chi connectivity index (χ1) is 7.77. The third kappa shape index (κ3) is 1.87. The van der Waals surface area contributed by atoms with Crippen LogP contribution in [0.5, 0.6) is 0 Å². The summed E-state index contributed by atoms with van der Waals surface area (Å²) in [5.41, 5.74) is 7.21. The van der Waals surface area contributed by atoms with Crippen molar-refractivity contribution in [3.05, 3.63) is 28.8 Å². The summed E-state index contributed by atoms with van der Waals surface area (Å²) in [6.45, 7) is 1.58. The van der Waals surface area contributed by atoms with Crippen LogP contribution < -0.4 is 10.6 Å². The van der Waals surface area contributed by atoms with Crippen molar-refractivity contribution in [3.8, 4) is 6.07 Å². The highest BCUT2D eigenvalue weighted by Gasteiger charge is 2.25. The van der Waals surface area contributed by atoms with Crippen molar-refractivity contribution >= 4 is 17.3 Å². The molecule has 4 heteroatoms. The van der Waals surface area contributed by atoms with Crippen molar-refractivity contribution in [1.29, 1.82) is 5.26 Å². The van der Waals surface area contributed by atoms with Crippen LogP contribution in [0.2, 0.25) is 5.02 Å². The Kier molecular flexibility index (Phi) is 3.33. The topological polar surface area (TPSA) is 53.0 Å². The maximum atomic E-state index is 9.13. The highest BCUT2D eigenvalue weighted by Crippen LogP contribution is 2.31. The normalized spacial score (nSPS) is 19.8. The van der Waals surface area contributed by atoms with Gasteiger partial charge in [-0.3, -0.25) is 0 Å². The number of anilines is 1. The Hall–Kier alpha value is -1.24. The van der Waals surface area contributed by atoms with Crippen LogP contribution in [-0.2, 0) is 0 Å². The minimum atomic E-state index is 0.338. The zero-order chi connectivity index (χ0) is 11.5. The largest absolute Gasteiger partial charge is 0.366 e. The fourth-order valence-corrected chi connectivity index (χ4v) is 2.47. The van der Waals surface area contributed by atoms with Gasteiger partial charge in [0.25, 0.3) is 0 Å². The number of nitriles is 1. The molecule has 0 amide bonds. The maximum Gasteiger partial charge on any atom is 0.103 e. The summed E-state index contributed by atoms with van der Waals surface area (Å²) in [4.78, 5) is 2.20. The van der Waals surface area contributed by atoms with Crippen LogP contribution in [0, 0.1) is 11.3 Å². The zero-order valence-electron chi connectivity index (χ0n) is 8.99. The van der Waals surface area contributed by atoms with Gasteiger partial charge >= 0.3 is 0 Å². The molecular weight excluding hydrogens is 222 g/mol. The molecule has 1 aliphatic rings. The van der Waals surface area contributed by atoms with Crippen molar-refractivity contribution in [2.24, 2.45) is 5.73 Å². The standard InChI is InChI=1S/C12H14ClN3/c13-11-4-1-5-12(10(11)8-15)16-6-2-3-9(16)7-14/h1,4-5,9H,2-3,6-7,14H2. The molecule has 0 aliphatic carbocycles. The summed E-state index contributed by atoms with van der Waals surface area (Å²) in [5, 5.41) is 9.64. The lowest BCUT2D eigenvalue weighted by Gasteiger charge is -2.26. The van der Waals surface area contributed by atoms with Gasteiger partial charge < -0.3 is 10.6 Å². The lowest BCUT2D eigenvalue weighted by atomic mass is 10.1. The van der Waals surface area contributed by atoms with Crippen LogP contribution in [-0.4, -0.2) is 19.1 Å². The molecule has 16 heavy (non-hydrogen) atoms. The number of benzene rings is 1. The SMILES string of the molecule is N#Cc1c(Cl)cccc1N1CCCC1CN. The second-order valence-corrected chi connectivity index (χ2v) is 4.38. The van der Waals surface area contributed by atoms with Gasteiger partial charge in [-0.2, -0.15) is 5.26 Å². The summed E-state index contributed by atoms with van der Waals surface area (Å²) < 4.78 is 0. The Morgan fingerprint density at radius 1 is 1.56 bits per heavy atom. The molecule has 1 atom stereocenters. The molecule has 1 aromatic carbocycles. The van der Waals surface area contributed by atoms with E-state index in [1.165, 1.54) is 0 Å². The van der Waals surface area contributed by atoms with Gasteiger partial charge in [-0.15, -0.1) is 0 Å². The van der Waals surface area contributed by atoms with Gasteiger partial charge in [-0.1, -0.05) is 17.7 Å². The van der Waals surface area contributed by atoms with Crippen molar-refractivity contribution in [3.63, 3.8) is 0 Å². The Balaban J connectivity index is 2.40. The van der Waals surface area contributed by atoms with Crippen molar-refractivity contribution in [2.45, 2.75) is 18.9 Å². The molecule has 1 fully saturated rings. The number of nitrogens with two attached hydrogens (primary N) is 1. The highest BCUT2D eigenvalue weighted by atomic mass is 35.5. The maximum absolute atomic E-state index is 9.13. The minimum absolute atomic E-state index is 0.338. The van der Waals surface area contributed by atoms with E-state index >= 15 is 0 Å². The number of halogens is 1. The zero-order valence-corrected chi connectivity index (χ0v) is 9.74. The molecule has 0 aromatic heterocycles. The van der Waals surface area contributed by atoms with Crippen molar-refractivity contribution in [2.75, 3.05) is 18.0 Å². The van der Waals surface area contributed by atoms with E-state index in [0.717, 1.165) is 25.1 Å². The molecule has 2 N–H and O–H groups in total. The summed E-state index contributed by atoms with van der Waals surface area (Å²) in [5.74, 6) is 0. The first-order valence-electron chi connectivity index (χ1n) is 5.43. The van der Waals surface area contributed by atoms with E-state index in [4.69, 9.17) is 22.6 Å². The fourth-order valence-electron chi connectivity index (χ4n) is 2.26. The molecule has 84 valence electrons. The van der Waals surface area contributed by atoms with E-state index in [0.29, 0.717) is 23.2 Å². The van der Waals surface area contributed by atoms with Crippen LogP contribution in [0.25, 0.3) is 0 Å². The summed E-state index contributed by atoms with van der Waals surface area (Å²) in [6, 6.07) is 8.08. The number of hydrogen-bond donors (Lipinski definition) is 1. The monoisotopic (exact) mass is 235 g/mol. The summed E-state index contributed by atoms with van der Waals surface area (Å²) >= 11 is 6.02. The molecule has 1 unspecified atom stereocenters. The number of hydrogen-bond acceptors (Lipinski definition) is 3. The third-order valence-corrected chi connectivity index (χ3v) is 3.38. The van der Waals surface area contributed by atoms with Crippen LogP contribution in [0.4, 0.5) is 5.69 Å². The molecule has 1 aliphatic heterocycles. The van der Waals surface area contributed by atoms with Gasteiger partial charge in [0, 0.05) is 19.1 Å². The first kappa shape index (κ1) is 11.3. The van der Waals surface area contributed by atoms with E-state index in [1.807, 2.05) is 12.1 Å². The average Bonchev–Trinajstić information content (AvgIpc) is 2.76. The highest BCUT2D eigenvalue weighted by molar-refractivity contribution is 6.32. The molecule has 1 heterocycles. The first-order valence-corrected chi connectivity index (χ1v) is 5.81. The molecule has 0 radical (unpaired) electrons. The Morgan fingerprint density at radius 3 is 3.06 bits per heavy atom. The Bertz CT molecular complexity index is 425. The average molecular weight is 236 g/mol. The van der Waals surface area contributed by atoms with Gasteiger partial charge in [-0.25, -0.2) is 0 Å². The molecular formula is C12H14ClN3. The second-order valence-electron chi connectivity index (χ2n) is 3.97. The Labute approximate surface area is 100 Å². The molecule has 1 aromatic rings. The van der Waals surface area contributed by atoms with E-state index in [-0.39, 0.29) is 0 Å². The predicted octanol–water partition coefficient (Wildman–Crippen LogP) is 2.14. The summed E-state index contributed by atoms with van der Waals surface area (Å²) in [6.07, 6.45) is 2.22.